The molecule has 0 saturated heterocycles. The maximum Gasteiger partial charge on any atom is 0.226 e. The summed E-state index contributed by atoms with van der Waals surface area (Å²) >= 11 is 0. The third-order valence-electron chi connectivity index (χ3n) is 4.29. The van der Waals surface area contributed by atoms with Gasteiger partial charge in [-0.05, 0) is 35.4 Å². The number of amides is 2. The third-order valence-corrected chi connectivity index (χ3v) is 4.29. The Morgan fingerprint density at radius 1 is 0.833 bits per heavy atom. The molecule has 0 aliphatic rings. The van der Waals surface area contributed by atoms with Crippen LogP contribution >= 0.6 is 0 Å². The summed E-state index contributed by atoms with van der Waals surface area (Å²) in [5, 5.41) is 5.56. The summed E-state index contributed by atoms with van der Waals surface area (Å²) in [6.07, 6.45) is 0.459. The molecule has 0 fully saturated rings. The monoisotopic (exact) mass is 406 g/mol. The van der Waals surface area contributed by atoms with Crippen molar-refractivity contribution in [3.63, 3.8) is 0 Å². The van der Waals surface area contributed by atoms with E-state index in [2.05, 4.69) is 10.6 Å². The zero-order valence-electron chi connectivity index (χ0n) is 16.4. The maximum absolute atomic E-state index is 13.2. The molecule has 6 heteroatoms. The molecule has 0 spiro atoms. The van der Waals surface area contributed by atoms with Crippen molar-refractivity contribution in [1.29, 1.82) is 0 Å². The summed E-state index contributed by atoms with van der Waals surface area (Å²) in [4.78, 5) is 24.1. The molecule has 2 N–H and O–H groups in total. The second-order valence-corrected chi connectivity index (χ2v) is 6.76. The molecule has 3 aromatic carbocycles. The van der Waals surface area contributed by atoms with Crippen LogP contribution < -0.4 is 15.4 Å². The number of benzene rings is 3. The minimum Gasteiger partial charge on any atom is -0.489 e. The van der Waals surface area contributed by atoms with Crippen LogP contribution in [0.15, 0.2) is 78.9 Å². The Morgan fingerprint density at radius 3 is 2.40 bits per heavy atom. The molecule has 0 saturated carbocycles. The van der Waals surface area contributed by atoms with Crippen molar-refractivity contribution in [3.8, 4) is 5.75 Å². The van der Waals surface area contributed by atoms with Gasteiger partial charge in [-0.2, -0.15) is 0 Å². The average Bonchev–Trinajstić information content (AvgIpc) is 2.73. The molecule has 0 aromatic heterocycles. The van der Waals surface area contributed by atoms with E-state index in [0.717, 1.165) is 11.1 Å². The number of hydrogen-bond acceptors (Lipinski definition) is 3. The van der Waals surface area contributed by atoms with Gasteiger partial charge in [0.1, 0.15) is 18.2 Å². The van der Waals surface area contributed by atoms with E-state index in [9.17, 15) is 14.0 Å². The highest BCUT2D eigenvalue weighted by molar-refractivity contribution is 5.91. The summed E-state index contributed by atoms with van der Waals surface area (Å²) in [5.41, 5.74) is 2.40. The van der Waals surface area contributed by atoms with E-state index in [-0.39, 0.29) is 43.6 Å². The summed E-state index contributed by atoms with van der Waals surface area (Å²) in [5.74, 6) is -0.233. The van der Waals surface area contributed by atoms with Crippen LogP contribution in [0.4, 0.5) is 10.1 Å². The summed E-state index contributed by atoms with van der Waals surface area (Å²) in [6, 6.07) is 22.6. The fourth-order valence-corrected chi connectivity index (χ4v) is 2.85. The smallest absolute Gasteiger partial charge is 0.226 e. The van der Waals surface area contributed by atoms with Crippen molar-refractivity contribution in [2.75, 3.05) is 11.9 Å². The molecule has 0 bridgehead atoms. The Bertz CT molecular complexity index is 993. The Labute approximate surface area is 174 Å². The van der Waals surface area contributed by atoms with Crippen LogP contribution in [0.3, 0.4) is 0 Å². The Balaban J connectivity index is 1.41. The lowest BCUT2D eigenvalue weighted by atomic mass is 10.1. The molecule has 154 valence electrons. The molecule has 30 heavy (non-hydrogen) atoms. The highest BCUT2D eigenvalue weighted by Gasteiger charge is 2.07. The van der Waals surface area contributed by atoms with E-state index < -0.39 is 0 Å². The lowest BCUT2D eigenvalue weighted by Gasteiger charge is -2.10. The van der Waals surface area contributed by atoms with Gasteiger partial charge in [0.25, 0.3) is 0 Å². The first kappa shape index (κ1) is 21.0. The van der Waals surface area contributed by atoms with Gasteiger partial charge in [0.05, 0.1) is 6.42 Å². The van der Waals surface area contributed by atoms with Crippen molar-refractivity contribution in [2.45, 2.75) is 19.4 Å². The molecular formula is C24H23FN2O3. The minimum atomic E-state index is -0.357. The Morgan fingerprint density at radius 2 is 1.60 bits per heavy atom. The molecule has 0 atom stereocenters. The van der Waals surface area contributed by atoms with E-state index in [1.807, 2.05) is 42.5 Å². The van der Waals surface area contributed by atoms with Gasteiger partial charge in [-0.1, -0.05) is 48.5 Å². The standard InChI is InChI=1S/C24H23FN2O3/c25-20-9-5-11-22(16-20)30-17-19-8-4-10-21(14-19)27-23(28)12-13-26-24(29)15-18-6-2-1-3-7-18/h1-11,14,16H,12-13,15,17H2,(H,26,29)(H,27,28). The number of ether oxygens (including phenoxy) is 1. The predicted octanol–water partition coefficient (Wildman–Crippen LogP) is 4.09. The van der Waals surface area contributed by atoms with Gasteiger partial charge in [-0.25, -0.2) is 4.39 Å². The molecule has 0 unspecified atom stereocenters. The maximum atomic E-state index is 13.2. The van der Waals surface area contributed by atoms with Crippen LogP contribution in [0.2, 0.25) is 0 Å². The quantitative estimate of drug-likeness (QED) is 0.562. The Hall–Kier alpha value is -3.67. The van der Waals surface area contributed by atoms with Crippen molar-refractivity contribution < 1.29 is 18.7 Å². The highest BCUT2D eigenvalue weighted by Crippen LogP contribution is 2.16. The lowest BCUT2D eigenvalue weighted by molar-refractivity contribution is -0.120. The lowest BCUT2D eigenvalue weighted by Crippen LogP contribution is -2.28. The van der Waals surface area contributed by atoms with Crippen LogP contribution in [-0.2, 0) is 22.6 Å². The van der Waals surface area contributed by atoms with E-state index in [4.69, 9.17) is 4.74 Å². The first-order chi connectivity index (χ1) is 14.6. The number of halogens is 1. The minimum absolute atomic E-state index is 0.120. The third kappa shape index (κ3) is 7.05. The van der Waals surface area contributed by atoms with Crippen LogP contribution in [0, 0.1) is 5.82 Å². The van der Waals surface area contributed by atoms with Crippen molar-refractivity contribution >= 4 is 17.5 Å². The van der Waals surface area contributed by atoms with Crippen LogP contribution in [0.25, 0.3) is 0 Å². The van der Waals surface area contributed by atoms with Crippen molar-refractivity contribution in [3.05, 3.63) is 95.8 Å². The van der Waals surface area contributed by atoms with Crippen LogP contribution in [0.5, 0.6) is 5.75 Å². The fourth-order valence-electron chi connectivity index (χ4n) is 2.85. The highest BCUT2D eigenvalue weighted by atomic mass is 19.1. The topological polar surface area (TPSA) is 67.4 Å². The molecule has 0 aliphatic carbocycles. The largest absolute Gasteiger partial charge is 0.489 e. The number of carbonyl (C=O) groups excluding carboxylic acids is 2. The summed E-state index contributed by atoms with van der Waals surface area (Å²) in [6.45, 7) is 0.516. The SMILES string of the molecule is O=C(Cc1ccccc1)NCCC(=O)Nc1cccc(COc2cccc(F)c2)c1. The van der Waals surface area contributed by atoms with Gasteiger partial charge in [0.15, 0.2) is 0 Å². The number of carbonyl (C=O) groups is 2. The predicted molar refractivity (Wildman–Crippen MR) is 114 cm³/mol. The molecule has 0 radical (unpaired) electrons. The second-order valence-electron chi connectivity index (χ2n) is 6.76. The fraction of sp³-hybridized carbons (Fsp3) is 0.167. The molecule has 0 aliphatic heterocycles. The number of nitrogens with one attached hydrogen (secondary N) is 2. The first-order valence-corrected chi connectivity index (χ1v) is 9.66. The normalized spacial score (nSPS) is 10.3. The second kappa shape index (κ2) is 10.8. The first-order valence-electron chi connectivity index (χ1n) is 9.66. The van der Waals surface area contributed by atoms with E-state index in [1.54, 1.807) is 24.3 Å². The van der Waals surface area contributed by atoms with Crippen molar-refractivity contribution in [2.24, 2.45) is 0 Å². The van der Waals surface area contributed by atoms with Gasteiger partial charge >= 0.3 is 0 Å². The van der Waals surface area contributed by atoms with E-state index in [0.29, 0.717) is 11.4 Å². The van der Waals surface area contributed by atoms with Crippen LogP contribution in [-0.4, -0.2) is 18.4 Å². The summed E-state index contributed by atoms with van der Waals surface area (Å²) in [7, 11) is 0. The molecular weight excluding hydrogens is 383 g/mol. The number of anilines is 1. The van der Waals surface area contributed by atoms with Gasteiger partial charge in [0, 0.05) is 24.7 Å². The molecule has 3 aromatic rings. The van der Waals surface area contributed by atoms with Gasteiger partial charge in [0.2, 0.25) is 11.8 Å². The van der Waals surface area contributed by atoms with Crippen LogP contribution in [0.1, 0.15) is 17.5 Å². The average molecular weight is 406 g/mol. The number of rotatable bonds is 9. The Kier molecular flexibility index (Phi) is 7.55. The molecule has 0 heterocycles. The van der Waals surface area contributed by atoms with Gasteiger partial charge in [-0.3, -0.25) is 9.59 Å². The number of hydrogen-bond donors (Lipinski definition) is 2. The summed E-state index contributed by atoms with van der Waals surface area (Å²) < 4.78 is 18.8. The van der Waals surface area contributed by atoms with Crippen molar-refractivity contribution in [1.82, 2.24) is 5.32 Å². The van der Waals surface area contributed by atoms with Gasteiger partial charge in [-0.15, -0.1) is 0 Å². The van der Waals surface area contributed by atoms with E-state index in [1.165, 1.54) is 12.1 Å². The zero-order chi connectivity index (χ0) is 21.2. The molecule has 5 nitrogen and oxygen atoms in total. The molecule has 2 amide bonds. The van der Waals surface area contributed by atoms with Gasteiger partial charge < -0.3 is 15.4 Å². The van der Waals surface area contributed by atoms with E-state index >= 15 is 0 Å². The molecule has 3 rings (SSSR count). The zero-order valence-corrected chi connectivity index (χ0v) is 16.4.